The third kappa shape index (κ3) is 1.91. The van der Waals surface area contributed by atoms with Crippen LogP contribution in [0.2, 0.25) is 0 Å². The third-order valence-corrected chi connectivity index (χ3v) is 4.67. The molecule has 0 heterocycles. The lowest BCUT2D eigenvalue weighted by Gasteiger charge is -2.60. The Kier molecular flexibility index (Phi) is 2.61. The number of ether oxygens (including phenoxy) is 1. The molecule has 1 spiro atoms. The third-order valence-electron chi connectivity index (χ3n) is 4.67. The van der Waals surface area contributed by atoms with Gasteiger partial charge in [-0.1, -0.05) is 12.1 Å². The van der Waals surface area contributed by atoms with Crippen molar-refractivity contribution in [1.29, 1.82) is 0 Å². The van der Waals surface area contributed by atoms with Gasteiger partial charge in [-0.05, 0) is 48.8 Å². The summed E-state index contributed by atoms with van der Waals surface area (Å²) in [6, 6.07) is 7.47. The molecule has 2 saturated carbocycles. The first-order chi connectivity index (χ1) is 8.96. The van der Waals surface area contributed by atoms with Gasteiger partial charge in [0.25, 0.3) is 0 Å². The predicted molar refractivity (Wildman–Crippen MR) is 68.9 cm³/mol. The van der Waals surface area contributed by atoms with E-state index in [0.29, 0.717) is 25.7 Å². The molecule has 2 aliphatic rings. The summed E-state index contributed by atoms with van der Waals surface area (Å²) in [5.41, 5.74) is 0.186. The summed E-state index contributed by atoms with van der Waals surface area (Å²) in [4.78, 5) is 10.8. The molecule has 0 unspecified atom stereocenters. The fraction of sp³-hybridized carbons (Fsp3) is 0.533. The Balaban J connectivity index is 1.66. The highest BCUT2D eigenvalue weighted by Gasteiger charge is 2.61. The number of aliphatic carboxylic acids is 1. The fourth-order valence-electron chi connectivity index (χ4n) is 3.74. The monoisotopic (exact) mass is 262 g/mol. The molecule has 0 aliphatic heterocycles. The summed E-state index contributed by atoms with van der Waals surface area (Å²) in [5.74, 6) is -0.137. The Hall–Kier alpha value is -1.55. The van der Waals surface area contributed by atoms with E-state index < -0.39 is 11.6 Å². The summed E-state index contributed by atoms with van der Waals surface area (Å²) in [6.07, 6.45) is 2.77. The number of aliphatic hydroxyl groups is 1. The molecule has 2 fully saturated rings. The summed E-state index contributed by atoms with van der Waals surface area (Å²) in [5, 5.41) is 19.5. The molecular weight excluding hydrogens is 244 g/mol. The lowest BCUT2D eigenvalue weighted by Crippen LogP contribution is -2.57. The average molecular weight is 262 g/mol. The second kappa shape index (κ2) is 3.97. The van der Waals surface area contributed by atoms with Gasteiger partial charge >= 0.3 is 5.97 Å². The number of carboxylic acid groups (broad SMARTS) is 1. The minimum Gasteiger partial charge on any atom is -0.497 e. The number of hydrogen-bond donors (Lipinski definition) is 2. The van der Waals surface area contributed by atoms with E-state index in [4.69, 9.17) is 9.84 Å². The zero-order chi connectivity index (χ0) is 13.7. The molecule has 102 valence electrons. The molecule has 0 saturated heterocycles. The van der Waals surface area contributed by atoms with Crippen LogP contribution in [0.3, 0.4) is 0 Å². The van der Waals surface area contributed by atoms with Crippen molar-refractivity contribution in [3.05, 3.63) is 29.8 Å². The van der Waals surface area contributed by atoms with Gasteiger partial charge in [0.05, 0.1) is 18.6 Å². The highest BCUT2D eigenvalue weighted by atomic mass is 16.5. The summed E-state index contributed by atoms with van der Waals surface area (Å²) >= 11 is 0. The average Bonchev–Trinajstić information content (AvgIpc) is 2.31. The maximum Gasteiger partial charge on any atom is 0.306 e. The van der Waals surface area contributed by atoms with Crippen LogP contribution in [0.25, 0.3) is 0 Å². The first-order valence-electron chi connectivity index (χ1n) is 6.56. The van der Waals surface area contributed by atoms with Crippen LogP contribution in [0.1, 0.15) is 31.2 Å². The van der Waals surface area contributed by atoms with Crippen molar-refractivity contribution in [2.45, 2.75) is 31.3 Å². The second-order valence-corrected chi connectivity index (χ2v) is 6.06. The summed E-state index contributed by atoms with van der Waals surface area (Å²) in [7, 11) is 1.61. The first-order valence-corrected chi connectivity index (χ1v) is 6.56. The van der Waals surface area contributed by atoms with Crippen LogP contribution in [0.15, 0.2) is 24.3 Å². The van der Waals surface area contributed by atoms with E-state index in [2.05, 4.69) is 0 Å². The van der Waals surface area contributed by atoms with Crippen molar-refractivity contribution >= 4 is 5.97 Å². The number of carbonyl (C=O) groups is 1. The molecular formula is C15H18O4. The van der Waals surface area contributed by atoms with Crippen molar-refractivity contribution in [3.8, 4) is 5.75 Å². The fourth-order valence-corrected chi connectivity index (χ4v) is 3.74. The molecule has 4 heteroatoms. The van der Waals surface area contributed by atoms with Crippen LogP contribution in [0.5, 0.6) is 5.75 Å². The molecule has 4 nitrogen and oxygen atoms in total. The molecule has 0 radical (unpaired) electrons. The van der Waals surface area contributed by atoms with Gasteiger partial charge in [-0.15, -0.1) is 0 Å². The van der Waals surface area contributed by atoms with Crippen molar-refractivity contribution in [2.24, 2.45) is 11.3 Å². The molecule has 19 heavy (non-hydrogen) atoms. The van der Waals surface area contributed by atoms with Gasteiger partial charge in [0, 0.05) is 0 Å². The van der Waals surface area contributed by atoms with Gasteiger partial charge in [-0.2, -0.15) is 0 Å². The van der Waals surface area contributed by atoms with Crippen molar-refractivity contribution < 1.29 is 19.7 Å². The van der Waals surface area contributed by atoms with Crippen molar-refractivity contribution in [1.82, 2.24) is 0 Å². The van der Waals surface area contributed by atoms with Crippen LogP contribution in [0, 0.1) is 11.3 Å². The lowest BCUT2D eigenvalue weighted by atomic mass is 9.45. The van der Waals surface area contributed by atoms with Crippen LogP contribution < -0.4 is 4.74 Å². The molecule has 1 aromatic rings. The van der Waals surface area contributed by atoms with E-state index in [-0.39, 0.29) is 11.3 Å². The maximum absolute atomic E-state index is 10.8. The second-order valence-electron chi connectivity index (χ2n) is 6.06. The first kappa shape index (κ1) is 12.5. The van der Waals surface area contributed by atoms with E-state index in [9.17, 15) is 9.90 Å². The number of carboxylic acids is 1. The molecule has 0 amide bonds. The smallest absolute Gasteiger partial charge is 0.306 e. The summed E-state index contributed by atoms with van der Waals surface area (Å²) < 4.78 is 5.10. The molecule has 0 atom stereocenters. The molecule has 0 aromatic heterocycles. The lowest BCUT2D eigenvalue weighted by molar-refractivity contribution is -0.197. The van der Waals surface area contributed by atoms with Gasteiger partial charge in [0.1, 0.15) is 5.75 Å². The van der Waals surface area contributed by atoms with Gasteiger partial charge in [0.15, 0.2) is 0 Å². The normalized spacial score (nSPS) is 36.4. The van der Waals surface area contributed by atoms with E-state index in [1.165, 1.54) is 0 Å². The predicted octanol–water partition coefficient (Wildman–Crippen LogP) is 2.16. The van der Waals surface area contributed by atoms with E-state index in [1.807, 2.05) is 24.3 Å². The summed E-state index contributed by atoms with van der Waals surface area (Å²) in [6.45, 7) is 0. The number of hydrogen-bond acceptors (Lipinski definition) is 3. The quantitative estimate of drug-likeness (QED) is 0.876. The number of benzene rings is 1. The minimum absolute atomic E-state index is 0.0672. The van der Waals surface area contributed by atoms with Gasteiger partial charge in [-0.25, -0.2) is 0 Å². The highest BCUT2D eigenvalue weighted by molar-refractivity contribution is 5.71. The topological polar surface area (TPSA) is 66.8 Å². The Bertz CT molecular complexity index is 491. The van der Waals surface area contributed by atoms with E-state index in [0.717, 1.165) is 11.3 Å². The number of methoxy groups -OCH3 is 1. The van der Waals surface area contributed by atoms with Gasteiger partial charge < -0.3 is 14.9 Å². The van der Waals surface area contributed by atoms with Crippen LogP contribution >= 0.6 is 0 Å². The Morgan fingerprint density at radius 1 is 1.26 bits per heavy atom. The Labute approximate surface area is 112 Å². The highest BCUT2D eigenvalue weighted by Crippen LogP contribution is 2.65. The largest absolute Gasteiger partial charge is 0.497 e. The van der Waals surface area contributed by atoms with Crippen molar-refractivity contribution in [2.75, 3.05) is 7.11 Å². The zero-order valence-electron chi connectivity index (χ0n) is 10.9. The molecule has 1 aromatic carbocycles. The molecule has 2 N–H and O–H groups in total. The number of rotatable bonds is 3. The van der Waals surface area contributed by atoms with Gasteiger partial charge in [-0.3, -0.25) is 4.79 Å². The zero-order valence-corrected chi connectivity index (χ0v) is 10.9. The SMILES string of the molecule is COc1ccc(C2(O)CC3(CC(C(=O)O)C3)C2)cc1. The van der Waals surface area contributed by atoms with Crippen molar-refractivity contribution in [3.63, 3.8) is 0 Å². The Morgan fingerprint density at radius 3 is 2.32 bits per heavy atom. The van der Waals surface area contributed by atoms with Crippen LogP contribution in [0.4, 0.5) is 0 Å². The minimum atomic E-state index is -0.782. The van der Waals surface area contributed by atoms with E-state index >= 15 is 0 Å². The molecule has 2 aliphatic carbocycles. The van der Waals surface area contributed by atoms with Gasteiger partial charge in [0.2, 0.25) is 0 Å². The Morgan fingerprint density at radius 2 is 1.84 bits per heavy atom. The maximum atomic E-state index is 10.8. The van der Waals surface area contributed by atoms with Crippen LogP contribution in [-0.4, -0.2) is 23.3 Å². The molecule has 3 rings (SSSR count). The van der Waals surface area contributed by atoms with E-state index in [1.54, 1.807) is 7.11 Å². The van der Waals surface area contributed by atoms with Crippen LogP contribution in [-0.2, 0) is 10.4 Å². The standard InChI is InChI=1S/C15H18O4/c1-19-12-4-2-11(3-5-12)15(18)8-14(9-15)6-10(7-14)13(16)17/h2-5,10,18H,6-9H2,1H3,(H,16,17). The molecule has 0 bridgehead atoms.